The predicted molar refractivity (Wildman–Crippen MR) is 87.2 cm³/mol. The van der Waals surface area contributed by atoms with Gasteiger partial charge in [0.15, 0.2) is 0 Å². The molecule has 18 heavy (non-hydrogen) atoms. The van der Waals surface area contributed by atoms with Crippen LogP contribution in [0.15, 0.2) is 0 Å². The Balaban J connectivity index is 0. The van der Waals surface area contributed by atoms with E-state index in [1.807, 2.05) is 0 Å². The molecule has 0 heteroatoms. The zero-order chi connectivity index (χ0) is 13.1. The second-order valence-electron chi connectivity index (χ2n) is 6.96. The molecule has 112 valence electrons. The summed E-state index contributed by atoms with van der Waals surface area (Å²) in [7, 11) is 0. The second-order valence-corrected chi connectivity index (χ2v) is 6.96. The van der Waals surface area contributed by atoms with Crippen molar-refractivity contribution >= 4 is 0 Å². The van der Waals surface area contributed by atoms with Crippen molar-refractivity contribution in [3.63, 3.8) is 0 Å². The van der Waals surface area contributed by atoms with Crippen LogP contribution in [-0.2, 0) is 0 Å². The lowest BCUT2D eigenvalue weighted by Crippen LogP contribution is -2.09. The molecule has 0 aromatic rings. The molecule has 0 aliphatic heterocycles. The van der Waals surface area contributed by atoms with E-state index in [0.29, 0.717) is 5.41 Å². The summed E-state index contributed by atoms with van der Waals surface area (Å²) in [5.74, 6) is 1.01. The Bertz CT molecular complexity index is 142. The molecule has 0 fully saturated rings. The zero-order valence-corrected chi connectivity index (χ0v) is 13.1. The molecule has 0 heterocycles. The minimum absolute atomic E-state index is 0. The molecule has 0 bridgehead atoms. The molecule has 0 saturated heterocycles. The highest BCUT2D eigenvalue weighted by molar-refractivity contribution is 4.67. The van der Waals surface area contributed by atoms with Gasteiger partial charge in [-0.1, -0.05) is 93.4 Å². The molecule has 0 aliphatic carbocycles. The van der Waals surface area contributed by atoms with Crippen LogP contribution in [-0.4, -0.2) is 0 Å². The van der Waals surface area contributed by atoms with Crippen molar-refractivity contribution in [1.82, 2.24) is 0 Å². The lowest BCUT2D eigenvalue weighted by atomic mass is 9.83. The van der Waals surface area contributed by atoms with Crippen molar-refractivity contribution in [2.75, 3.05) is 0 Å². The summed E-state index contributed by atoms with van der Waals surface area (Å²) in [5, 5.41) is 0. The van der Waals surface area contributed by atoms with E-state index in [4.69, 9.17) is 0 Å². The summed E-state index contributed by atoms with van der Waals surface area (Å²) in [4.78, 5) is 0. The average molecular weight is 257 g/mol. The van der Waals surface area contributed by atoms with Crippen molar-refractivity contribution in [3.8, 4) is 0 Å². The summed E-state index contributed by atoms with van der Waals surface area (Å²) >= 11 is 0. The highest BCUT2D eigenvalue weighted by Gasteiger charge is 2.14. The van der Waals surface area contributed by atoms with Crippen molar-refractivity contribution in [2.45, 2.75) is 106 Å². The first-order valence-electron chi connectivity index (χ1n) is 7.99. The van der Waals surface area contributed by atoms with Crippen molar-refractivity contribution in [1.29, 1.82) is 0 Å². The fourth-order valence-electron chi connectivity index (χ4n) is 2.44. The van der Waals surface area contributed by atoms with Gasteiger partial charge in [-0.15, -0.1) is 0 Å². The van der Waals surface area contributed by atoms with Gasteiger partial charge in [-0.25, -0.2) is 0 Å². The Morgan fingerprint density at radius 2 is 1.17 bits per heavy atom. The summed E-state index contributed by atoms with van der Waals surface area (Å²) in [5.41, 5.74) is 0.522. The summed E-state index contributed by atoms with van der Waals surface area (Å²) in [6.07, 6.45) is 14.3. The molecule has 0 nitrogen and oxygen atoms in total. The summed E-state index contributed by atoms with van der Waals surface area (Å²) in [6.45, 7) is 11.7. The van der Waals surface area contributed by atoms with E-state index >= 15 is 0 Å². The molecular weight excluding hydrogens is 216 g/mol. The van der Waals surface area contributed by atoms with Crippen LogP contribution in [0.3, 0.4) is 0 Å². The largest absolute Gasteiger partial charge is 0.0776 e. The molecule has 0 rings (SSSR count). The topological polar surface area (TPSA) is 0 Å². The van der Waals surface area contributed by atoms with Gasteiger partial charge >= 0.3 is 0 Å². The molecule has 0 atom stereocenters. The van der Waals surface area contributed by atoms with E-state index in [0.717, 1.165) is 5.92 Å². The maximum absolute atomic E-state index is 2.38. The molecule has 0 spiro atoms. The van der Waals surface area contributed by atoms with Crippen LogP contribution in [0.1, 0.15) is 106 Å². The van der Waals surface area contributed by atoms with Crippen LogP contribution in [0.25, 0.3) is 0 Å². The molecule has 0 aromatic heterocycles. The molecule has 0 amide bonds. The molecule has 0 N–H and O–H groups in total. The highest BCUT2D eigenvalue weighted by Crippen LogP contribution is 2.29. The number of rotatable bonds is 10. The van der Waals surface area contributed by atoms with Crippen LogP contribution in [0.5, 0.6) is 0 Å². The minimum Gasteiger partial charge on any atom is -0.0776 e. The average Bonchev–Trinajstić information content (AvgIpc) is 2.24. The molecule has 0 saturated carbocycles. The maximum Gasteiger partial charge on any atom is -0.0383 e. The first-order chi connectivity index (χ1) is 7.99. The lowest BCUT2D eigenvalue weighted by Gasteiger charge is -2.23. The first-order valence-corrected chi connectivity index (χ1v) is 7.99. The fraction of sp³-hybridized carbons (Fsp3) is 1.00. The number of hydrogen-bond acceptors (Lipinski definition) is 0. The summed E-state index contributed by atoms with van der Waals surface area (Å²) < 4.78 is 0. The quantitative estimate of drug-likeness (QED) is 0.362. The Morgan fingerprint density at radius 1 is 0.722 bits per heavy atom. The second kappa shape index (κ2) is 12.1. The lowest BCUT2D eigenvalue weighted by molar-refractivity contribution is 0.294. The van der Waals surface area contributed by atoms with Gasteiger partial charge in [-0.05, 0) is 24.2 Å². The third kappa shape index (κ3) is 14.1. The Morgan fingerprint density at radius 3 is 1.50 bits per heavy atom. The monoisotopic (exact) mass is 256 g/mol. The van der Waals surface area contributed by atoms with E-state index in [9.17, 15) is 0 Å². The van der Waals surface area contributed by atoms with Gasteiger partial charge in [-0.3, -0.25) is 0 Å². The fourth-order valence-corrected chi connectivity index (χ4v) is 2.44. The van der Waals surface area contributed by atoms with Crippen molar-refractivity contribution in [3.05, 3.63) is 0 Å². The zero-order valence-electron chi connectivity index (χ0n) is 13.1. The van der Waals surface area contributed by atoms with Gasteiger partial charge in [0.2, 0.25) is 0 Å². The molecular formula is C18H40. The van der Waals surface area contributed by atoms with E-state index in [2.05, 4.69) is 34.6 Å². The highest BCUT2D eigenvalue weighted by atomic mass is 14.2. The van der Waals surface area contributed by atoms with E-state index in [1.165, 1.54) is 64.2 Å². The van der Waals surface area contributed by atoms with Gasteiger partial charge in [-0.2, -0.15) is 0 Å². The third-order valence-electron chi connectivity index (χ3n) is 3.73. The van der Waals surface area contributed by atoms with Gasteiger partial charge < -0.3 is 0 Å². The molecule has 0 aliphatic rings. The maximum atomic E-state index is 2.38. The normalized spacial score (nSPS) is 11.7. The smallest absolute Gasteiger partial charge is 0.0383 e. The molecule has 0 radical (unpaired) electrons. The van der Waals surface area contributed by atoms with E-state index in [1.54, 1.807) is 0 Å². The number of hydrogen-bond donors (Lipinski definition) is 0. The van der Waals surface area contributed by atoms with Gasteiger partial charge in [0.25, 0.3) is 0 Å². The van der Waals surface area contributed by atoms with Crippen LogP contribution < -0.4 is 0 Å². The van der Waals surface area contributed by atoms with Gasteiger partial charge in [0, 0.05) is 0 Å². The third-order valence-corrected chi connectivity index (χ3v) is 3.73. The predicted octanol–water partition coefficient (Wildman–Crippen LogP) is 7.23. The standard InChI is InChI=1S/C17H36.CH4/c1-6-8-10-12-16(13-11-9-7-2)14-15-17(3,4)5;/h16H,6-15H2,1-5H3;1H4. The Hall–Kier alpha value is 0. The van der Waals surface area contributed by atoms with Gasteiger partial charge in [0.05, 0.1) is 0 Å². The summed E-state index contributed by atoms with van der Waals surface area (Å²) in [6, 6.07) is 0. The van der Waals surface area contributed by atoms with E-state index < -0.39 is 0 Å². The van der Waals surface area contributed by atoms with Gasteiger partial charge in [0.1, 0.15) is 0 Å². The Labute approximate surface area is 118 Å². The minimum atomic E-state index is 0. The van der Waals surface area contributed by atoms with Crippen molar-refractivity contribution < 1.29 is 0 Å². The van der Waals surface area contributed by atoms with Crippen LogP contribution in [0.2, 0.25) is 0 Å². The van der Waals surface area contributed by atoms with Crippen LogP contribution >= 0.6 is 0 Å². The Kier molecular flexibility index (Phi) is 13.6. The molecule has 0 unspecified atom stereocenters. The van der Waals surface area contributed by atoms with Crippen LogP contribution in [0.4, 0.5) is 0 Å². The first kappa shape index (κ1) is 20.3. The number of unbranched alkanes of at least 4 members (excludes halogenated alkanes) is 4. The SMILES string of the molecule is C.CCCCCC(CCCCC)CCC(C)(C)C. The van der Waals surface area contributed by atoms with E-state index in [-0.39, 0.29) is 7.43 Å². The molecule has 0 aromatic carbocycles. The van der Waals surface area contributed by atoms with Crippen LogP contribution in [0, 0.1) is 11.3 Å². The van der Waals surface area contributed by atoms with Crippen molar-refractivity contribution in [2.24, 2.45) is 11.3 Å².